The molecule has 1 N–H and O–H groups in total. The Morgan fingerprint density at radius 3 is 2.74 bits per heavy atom. The van der Waals surface area contributed by atoms with Crippen molar-refractivity contribution in [2.45, 2.75) is 20.0 Å². The van der Waals surface area contributed by atoms with Crippen LogP contribution in [0.25, 0.3) is 10.2 Å². The summed E-state index contributed by atoms with van der Waals surface area (Å²) in [5.41, 5.74) is -0.575. The molecule has 0 radical (unpaired) electrons. The normalized spacial score (nSPS) is 11.6. The molecule has 0 amide bonds. The van der Waals surface area contributed by atoms with Crippen LogP contribution in [0.5, 0.6) is 0 Å². The van der Waals surface area contributed by atoms with Crippen LogP contribution >= 0.6 is 22.9 Å². The average Bonchev–Trinajstić information content (AvgIpc) is 2.94. The van der Waals surface area contributed by atoms with E-state index in [9.17, 15) is 18.0 Å². The van der Waals surface area contributed by atoms with Crippen molar-refractivity contribution in [1.82, 2.24) is 9.97 Å². The number of aryl methyl sites for hydroxylation is 1. The lowest BCUT2D eigenvalue weighted by atomic mass is 10.1. The highest BCUT2D eigenvalue weighted by atomic mass is 35.5. The van der Waals surface area contributed by atoms with Gasteiger partial charge in [-0.15, -0.1) is 11.3 Å². The zero-order valence-electron chi connectivity index (χ0n) is 14.1. The van der Waals surface area contributed by atoms with Crippen LogP contribution in [0, 0.1) is 6.92 Å². The number of carbonyl (C=O) groups is 1. The average molecular weight is 416 g/mol. The van der Waals surface area contributed by atoms with Crippen molar-refractivity contribution in [3.63, 3.8) is 0 Å². The number of thiophene rings is 1. The third-order valence-electron chi connectivity index (χ3n) is 3.73. The lowest BCUT2D eigenvalue weighted by Crippen LogP contribution is -2.09. The first-order chi connectivity index (χ1) is 12.7. The third kappa shape index (κ3) is 3.84. The molecule has 0 atom stereocenters. The maximum Gasteiger partial charge on any atom is 0.418 e. The first-order valence-corrected chi connectivity index (χ1v) is 8.96. The number of nitrogens with zero attached hydrogens (tertiary/aromatic N) is 2. The van der Waals surface area contributed by atoms with E-state index in [0.717, 1.165) is 17.4 Å². The molecular weight excluding hydrogens is 403 g/mol. The van der Waals surface area contributed by atoms with E-state index in [1.165, 1.54) is 18.5 Å². The van der Waals surface area contributed by atoms with E-state index in [2.05, 4.69) is 15.3 Å². The molecule has 0 fully saturated rings. The van der Waals surface area contributed by atoms with Gasteiger partial charge in [0, 0.05) is 5.02 Å². The lowest BCUT2D eigenvalue weighted by Gasteiger charge is -2.15. The highest BCUT2D eigenvalue weighted by Gasteiger charge is 2.34. The molecule has 10 heteroatoms. The molecule has 1 aromatic carbocycles. The van der Waals surface area contributed by atoms with E-state index in [0.29, 0.717) is 20.7 Å². The van der Waals surface area contributed by atoms with E-state index < -0.39 is 17.7 Å². The van der Waals surface area contributed by atoms with E-state index in [1.807, 2.05) is 0 Å². The molecular formula is C17H13ClF3N3O2S. The monoisotopic (exact) mass is 415 g/mol. The minimum atomic E-state index is -4.60. The Kier molecular flexibility index (Phi) is 5.25. The van der Waals surface area contributed by atoms with Crippen molar-refractivity contribution < 1.29 is 22.7 Å². The molecule has 0 saturated heterocycles. The van der Waals surface area contributed by atoms with Crippen molar-refractivity contribution in [1.29, 1.82) is 0 Å². The number of fused-ring (bicyclic) bond motifs is 1. The molecule has 0 spiro atoms. The first kappa shape index (κ1) is 19.4. The largest absolute Gasteiger partial charge is 0.462 e. The van der Waals surface area contributed by atoms with Gasteiger partial charge in [0.25, 0.3) is 0 Å². The van der Waals surface area contributed by atoms with E-state index in [4.69, 9.17) is 16.3 Å². The number of benzene rings is 1. The smallest absolute Gasteiger partial charge is 0.418 e. The second-order valence-corrected chi connectivity index (χ2v) is 6.93. The maximum atomic E-state index is 13.3. The van der Waals surface area contributed by atoms with Crippen molar-refractivity contribution in [3.8, 4) is 0 Å². The van der Waals surface area contributed by atoms with Crippen molar-refractivity contribution in [2.24, 2.45) is 0 Å². The fraction of sp³-hybridized carbons (Fsp3) is 0.235. The summed E-state index contributed by atoms with van der Waals surface area (Å²) in [6.07, 6.45) is -3.38. The standard InChI is InChI=1S/C17H13ClF3N3O2S/c1-3-26-16(25)13-8(2)12-14(22-7-23-15(12)27-13)24-11-5-4-9(18)6-10(11)17(19,20)21/h4-7H,3H2,1-2H3,(H,22,23,24). The number of anilines is 2. The van der Waals surface area contributed by atoms with Crippen LogP contribution in [-0.4, -0.2) is 22.5 Å². The summed E-state index contributed by atoms with van der Waals surface area (Å²) in [5.74, 6) is -0.344. The number of ether oxygens (including phenoxy) is 1. The summed E-state index contributed by atoms with van der Waals surface area (Å²) in [6.45, 7) is 3.57. The Morgan fingerprint density at radius 1 is 1.33 bits per heavy atom. The molecule has 27 heavy (non-hydrogen) atoms. The van der Waals surface area contributed by atoms with Gasteiger partial charge in [-0.05, 0) is 37.6 Å². The van der Waals surface area contributed by atoms with Crippen LogP contribution in [-0.2, 0) is 10.9 Å². The quantitative estimate of drug-likeness (QED) is 0.562. The van der Waals surface area contributed by atoms with Gasteiger partial charge in [-0.25, -0.2) is 14.8 Å². The van der Waals surface area contributed by atoms with Gasteiger partial charge in [-0.3, -0.25) is 0 Å². The van der Waals surface area contributed by atoms with Gasteiger partial charge in [-0.2, -0.15) is 13.2 Å². The number of alkyl halides is 3. The minimum absolute atomic E-state index is 0.0305. The molecule has 0 bridgehead atoms. The van der Waals surface area contributed by atoms with E-state index in [-0.39, 0.29) is 23.1 Å². The van der Waals surface area contributed by atoms with Gasteiger partial charge in [0.05, 0.1) is 23.2 Å². The molecule has 0 saturated carbocycles. The lowest BCUT2D eigenvalue weighted by molar-refractivity contribution is -0.136. The fourth-order valence-corrected chi connectivity index (χ4v) is 3.76. The second-order valence-electron chi connectivity index (χ2n) is 5.49. The fourth-order valence-electron chi connectivity index (χ4n) is 2.55. The van der Waals surface area contributed by atoms with Gasteiger partial charge in [0.1, 0.15) is 21.9 Å². The Balaban J connectivity index is 2.11. The van der Waals surface area contributed by atoms with Crippen molar-refractivity contribution >= 4 is 50.6 Å². The van der Waals surface area contributed by atoms with E-state index >= 15 is 0 Å². The molecule has 2 aromatic heterocycles. The van der Waals surface area contributed by atoms with Gasteiger partial charge in [0.2, 0.25) is 0 Å². The number of carbonyl (C=O) groups excluding carboxylic acids is 1. The van der Waals surface area contributed by atoms with Crippen LogP contribution in [0.2, 0.25) is 5.02 Å². The Labute approximate surface area is 161 Å². The highest BCUT2D eigenvalue weighted by Crippen LogP contribution is 2.40. The van der Waals surface area contributed by atoms with Gasteiger partial charge < -0.3 is 10.1 Å². The van der Waals surface area contributed by atoms with Crippen molar-refractivity contribution in [2.75, 3.05) is 11.9 Å². The number of halogens is 4. The van der Waals surface area contributed by atoms with Crippen LogP contribution in [0.3, 0.4) is 0 Å². The maximum absolute atomic E-state index is 13.3. The number of hydrogen-bond acceptors (Lipinski definition) is 6. The number of aromatic nitrogens is 2. The molecule has 0 unspecified atom stereocenters. The first-order valence-electron chi connectivity index (χ1n) is 7.77. The van der Waals surface area contributed by atoms with Crippen LogP contribution in [0.15, 0.2) is 24.5 Å². The number of esters is 1. The number of rotatable bonds is 4. The molecule has 5 nitrogen and oxygen atoms in total. The zero-order chi connectivity index (χ0) is 19.8. The minimum Gasteiger partial charge on any atom is -0.462 e. The predicted octanol–water partition coefficient (Wildman–Crippen LogP) is 5.59. The Morgan fingerprint density at radius 2 is 2.07 bits per heavy atom. The summed E-state index contributed by atoms with van der Waals surface area (Å²) in [4.78, 5) is 21.1. The van der Waals surface area contributed by atoms with Crippen LogP contribution in [0.1, 0.15) is 27.7 Å². The summed E-state index contributed by atoms with van der Waals surface area (Å²) in [5, 5.41) is 3.13. The second kappa shape index (κ2) is 7.32. The Bertz CT molecular complexity index is 1020. The third-order valence-corrected chi connectivity index (χ3v) is 5.14. The van der Waals surface area contributed by atoms with Crippen LogP contribution < -0.4 is 5.32 Å². The molecule has 142 valence electrons. The molecule has 2 heterocycles. The van der Waals surface area contributed by atoms with Gasteiger partial charge in [0.15, 0.2) is 0 Å². The molecule has 0 aliphatic carbocycles. The summed E-state index contributed by atoms with van der Waals surface area (Å²) in [7, 11) is 0. The number of nitrogens with one attached hydrogen (secondary N) is 1. The molecule has 0 aliphatic heterocycles. The molecule has 0 aliphatic rings. The van der Waals surface area contributed by atoms with E-state index in [1.54, 1.807) is 13.8 Å². The summed E-state index contributed by atoms with van der Waals surface area (Å²) in [6, 6.07) is 3.42. The summed E-state index contributed by atoms with van der Waals surface area (Å²) < 4.78 is 45.0. The zero-order valence-corrected chi connectivity index (χ0v) is 15.7. The predicted molar refractivity (Wildman–Crippen MR) is 97.8 cm³/mol. The molecule has 3 aromatic rings. The van der Waals surface area contributed by atoms with Crippen molar-refractivity contribution in [3.05, 3.63) is 45.6 Å². The van der Waals surface area contributed by atoms with Crippen LogP contribution in [0.4, 0.5) is 24.7 Å². The number of hydrogen-bond donors (Lipinski definition) is 1. The van der Waals surface area contributed by atoms with Gasteiger partial charge >= 0.3 is 12.1 Å². The highest BCUT2D eigenvalue weighted by molar-refractivity contribution is 7.20. The van der Waals surface area contributed by atoms with Gasteiger partial charge in [-0.1, -0.05) is 11.6 Å². The SMILES string of the molecule is CCOC(=O)c1sc2ncnc(Nc3ccc(Cl)cc3C(F)(F)F)c2c1C. The molecule has 3 rings (SSSR count). The topological polar surface area (TPSA) is 64.1 Å². The Hall–Kier alpha value is -2.39. The summed E-state index contributed by atoms with van der Waals surface area (Å²) >= 11 is 6.81.